The van der Waals surface area contributed by atoms with Gasteiger partial charge in [-0.05, 0) is 49.3 Å². The van der Waals surface area contributed by atoms with Crippen molar-refractivity contribution in [3.05, 3.63) is 29.8 Å². The third-order valence-corrected chi connectivity index (χ3v) is 5.19. The van der Waals surface area contributed by atoms with Crippen LogP contribution in [0.25, 0.3) is 0 Å². The van der Waals surface area contributed by atoms with Crippen molar-refractivity contribution in [3.8, 4) is 0 Å². The van der Waals surface area contributed by atoms with E-state index in [0.717, 1.165) is 6.42 Å². The van der Waals surface area contributed by atoms with Crippen LogP contribution >= 0.6 is 0 Å². The molecule has 2 N–H and O–H groups in total. The third kappa shape index (κ3) is 4.38. The minimum Gasteiger partial charge on any atom is -0.481 e. The summed E-state index contributed by atoms with van der Waals surface area (Å²) in [6.45, 7) is 3.21. The average molecular weight is 344 g/mol. The van der Waals surface area contributed by atoms with Crippen molar-refractivity contribution in [2.45, 2.75) is 32.6 Å². The maximum Gasteiger partial charge on any atom is 0.303 e. The number of carbonyl (C=O) groups is 3. The summed E-state index contributed by atoms with van der Waals surface area (Å²) in [5.74, 6) is -0.147. The van der Waals surface area contributed by atoms with E-state index >= 15 is 0 Å². The van der Waals surface area contributed by atoms with Crippen molar-refractivity contribution >= 4 is 23.5 Å². The molecule has 2 aliphatic rings. The SMILES string of the molecule is CC1CC1C(=O)Nc1cccc(C(=O)N2CCC(CC(=O)O)CC2)c1. The summed E-state index contributed by atoms with van der Waals surface area (Å²) in [6.07, 6.45) is 2.53. The molecule has 1 aromatic rings. The summed E-state index contributed by atoms with van der Waals surface area (Å²) < 4.78 is 0. The fourth-order valence-corrected chi connectivity index (χ4v) is 3.42. The second kappa shape index (κ2) is 7.25. The van der Waals surface area contributed by atoms with E-state index in [9.17, 15) is 14.4 Å². The number of piperidine rings is 1. The molecule has 0 aromatic heterocycles. The summed E-state index contributed by atoms with van der Waals surface area (Å²) in [6, 6.07) is 7.04. The number of nitrogens with one attached hydrogen (secondary N) is 1. The number of rotatable bonds is 5. The van der Waals surface area contributed by atoms with Crippen molar-refractivity contribution in [1.29, 1.82) is 0 Å². The van der Waals surface area contributed by atoms with Gasteiger partial charge in [0.2, 0.25) is 5.91 Å². The van der Waals surface area contributed by atoms with Gasteiger partial charge in [-0.3, -0.25) is 14.4 Å². The van der Waals surface area contributed by atoms with Crippen LogP contribution in [0.2, 0.25) is 0 Å². The van der Waals surface area contributed by atoms with E-state index < -0.39 is 5.97 Å². The van der Waals surface area contributed by atoms with Crippen LogP contribution in [0.3, 0.4) is 0 Å². The van der Waals surface area contributed by atoms with Crippen LogP contribution in [-0.4, -0.2) is 40.9 Å². The van der Waals surface area contributed by atoms with E-state index in [4.69, 9.17) is 5.11 Å². The summed E-state index contributed by atoms with van der Waals surface area (Å²) in [5, 5.41) is 11.8. The average Bonchev–Trinajstić information content (AvgIpc) is 3.32. The van der Waals surface area contributed by atoms with Gasteiger partial charge in [0.15, 0.2) is 0 Å². The van der Waals surface area contributed by atoms with E-state index in [1.807, 2.05) is 0 Å². The number of hydrogen-bond acceptors (Lipinski definition) is 3. The number of anilines is 1. The largest absolute Gasteiger partial charge is 0.481 e. The van der Waals surface area contributed by atoms with Crippen molar-refractivity contribution in [2.75, 3.05) is 18.4 Å². The molecule has 6 nitrogen and oxygen atoms in total. The van der Waals surface area contributed by atoms with E-state index in [2.05, 4.69) is 12.2 Å². The van der Waals surface area contributed by atoms with Gasteiger partial charge in [0.1, 0.15) is 0 Å². The van der Waals surface area contributed by atoms with Gasteiger partial charge in [0.25, 0.3) is 5.91 Å². The van der Waals surface area contributed by atoms with Crippen molar-refractivity contribution < 1.29 is 19.5 Å². The Kier molecular flexibility index (Phi) is 5.06. The van der Waals surface area contributed by atoms with Gasteiger partial charge < -0.3 is 15.3 Å². The summed E-state index contributed by atoms with van der Waals surface area (Å²) in [4.78, 5) is 37.3. The lowest BCUT2D eigenvalue weighted by atomic mass is 9.93. The second-order valence-electron chi connectivity index (χ2n) is 7.22. The highest BCUT2D eigenvalue weighted by molar-refractivity contribution is 5.98. The van der Waals surface area contributed by atoms with Gasteiger partial charge in [-0.2, -0.15) is 0 Å². The first-order valence-electron chi connectivity index (χ1n) is 8.86. The summed E-state index contributed by atoms with van der Waals surface area (Å²) in [5.41, 5.74) is 1.20. The minimum atomic E-state index is -0.779. The lowest BCUT2D eigenvalue weighted by Crippen LogP contribution is -2.38. The molecule has 0 bridgehead atoms. The molecule has 1 saturated carbocycles. The van der Waals surface area contributed by atoms with Crippen molar-refractivity contribution in [2.24, 2.45) is 17.8 Å². The normalized spacial score (nSPS) is 23.2. The molecule has 2 amide bonds. The summed E-state index contributed by atoms with van der Waals surface area (Å²) >= 11 is 0. The number of carboxylic acids is 1. The number of likely N-dealkylation sites (tertiary alicyclic amines) is 1. The Hall–Kier alpha value is -2.37. The molecule has 3 rings (SSSR count). The van der Waals surface area contributed by atoms with Crippen LogP contribution < -0.4 is 5.32 Å². The molecule has 25 heavy (non-hydrogen) atoms. The predicted octanol–water partition coefficient (Wildman–Crippen LogP) is 2.61. The van der Waals surface area contributed by atoms with E-state index in [1.54, 1.807) is 29.2 Å². The molecule has 0 spiro atoms. The van der Waals surface area contributed by atoms with E-state index in [0.29, 0.717) is 43.1 Å². The Morgan fingerprint density at radius 3 is 2.52 bits per heavy atom. The van der Waals surface area contributed by atoms with Gasteiger partial charge in [0.05, 0.1) is 0 Å². The smallest absolute Gasteiger partial charge is 0.303 e. The Labute approximate surface area is 147 Å². The molecular weight excluding hydrogens is 320 g/mol. The number of hydrogen-bond donors (Lipinski definition) is 2. The molecule has 1 aliphatic heterocycles. The third-order valence-electron chi connectivity index (χ3n) is 5.19. The minimum absolute atomic E-state index is 0.0200. The highest BCUT2D eigenvalue weighted by Gasteiger charge is 2.39. The zero-order chi connectivity index (χ0) is 18.0. The molecule has 6 heteroatoms. The molecule has 0 radical (unpaired) electrons. The van der Waals surface area contributed by atoms with Crippen LogP contribution in [0.15, 0.2) is 24.3 Å². The van der Waals surface area contributed by atoms with Crippen molar-refractivity contribution in [3.63, 3.8) is 0 Å². The Bertz CT molecular complexity index is 680. The molecule has 1 aromatic carbocycles. The first-order chi connectivity index (χ1) is 11.9. The number of carbonyl (C=O) groups excluding carboxylic acids is 2. The van der Waals surface area contributed by atoms with Gasteiger partial charge in [-0.25, -0.2) is 0 Å². The first kappa shape index (κ1) is 17.5. The molecule has 2 unspecified atom stereocenters. The number of nitrogens with zero attached hydrogens (tertiary/aromatic N) is 1. The second-order valence-corrected chi connectivity index (χ2v) is 7.22. The maximum atomic E-state index is 12.7. The van der Waals surface area contributed by atoms with Crippen LogP contribution in [-0.2, 0) is 9.59 Å². The van der Waals surface area contributed by atoms with E-state index in [-0.39, 0.29) is 30.1 Å². The van der Waals surface area contributed by atoms with Crippen LogP contribution in [0.1, 0.15) is 43.0 Å². The van der Waals surface area contributed by atoms with Crippen molar-refractivity contribution in [1.82, 2.24) is 4.90 Å². The quantitative estimate of drug-likeness (QED) is 0.859. The van der Waals surface area contributed by atoms with Gasteiger partial charge in [0, 0.05) is 36.7 Å². The molecule has 134 valence electrons. The molecular formula is C19H24N2O4. The highest BCUT2D eigenvalue weighted by atomic mass is 16.4. The molecule has 1 heterocycles. The highest BCUT2D eigenvalue weighted by Crippen LogP contribution is 2.38. The predicted molar refractivity (Wildman–Crippen MR) is 93.2 cm³/mol. The molecule has 2 atom stereocenters. The van der Waals surface area contributed by atoms with Crippen LogP contribution in [0, 0.1) is 17.8 Å². The zero-order valence-electron chi connectivity index (χ0n) is 14.4. The van der Waals surface area contributed by atoms with Crippen LogP contribution in [0.4, 0.5) is 5.69 Å². The first-order valence-corrected chi connectivity index (χ1v) is 8.86. The number of carboxylic acid groups (broad SMARTS) is 1. The standard InChI is InChI=1S/C19H24N2O4/c1-12-9-16(12)18(24)20-15-4-2-3-14(11-15)19(25)21-7-5-13(6-8-21)10-17(22)23/h2-4,11-13,16H,5-10H2,1H3,(H,20,24)(H,22,23). The molecule has 2 fully saturated rings. The summed E-state index contributed by atoms with van der Waals surface area (Å²) in [7, 11) is 0. The Morgan fingerprint density at radius 2 is 1.92 bits per heavy atom. The van der Waals surface area contributed by atoms with Gasteiger partial charge >= 0.3 is 5.97 Å². The number of aliphatic carboxylic acids is 1. The monoisotopic (exact) mass is 344 g/mol. The topological polar surface area (TPSA) is 86.7 Å². The number of benzene rings is 1. The van der Waals surface area contributed by atoms with Gasteiger partial charge in [-0.1, -0.05) is 13.0 Å². The maximum absolute atomic E-state index is 12.7. The Morgan fingerprint density at radius 1 is 1.24 bits per heavy atom. The Balaban J connectivity index is 1.58. The molecule has 1 saturated heterocycles. The van der Waals surface area contributed by atoms with Gasteiger partial charge in [-0.15, -0.1) is 0 Å². The lowest BCUT2D eigenvalue weighted by molar-refractivity contribution is -0.138. The fraction of sp³-hybridized carbons (Fsp3) is 0.526. The van der Waals surface area contributed by atoms with Crippen LogP contribution in [0.5, 0.6) is 0 Å². The fourth-order valence-electron chi connectivity index (χ4n) is 3.42. The number of amides is 2. The van der Waals surface area contributed by atoms with E-state index in [1.165, 1.54) is 0 Å². The zero-order valence-corrected chi connectivity index (χ0v) is 14.4. The lowest BCUT2D eigenvalue weighted by Gasteiger charge is -2.31. The molecule has 1 aliphatic carbocycles.